The molecule has 2 fully saturated rings. The van der Waals surface area contributed by atoms with Gasteiger partial charge in [-0.25, -0.2) is 9.97 Å². The third-order valence-electron chi connectivity index (χ3n) is 5.42. The van der Waals surface area contributed by atoms with E-state index in [1.807, 2.05) is 4.90 Å². The predicted octanol–water partition coefficient (Wildman–Crippen LogP) is 4.54. The number of hydrogen-bond acceptors (Lipinski definition) is 5. The van der Waals surface area contributed by atoms with Crippen LogP contribution in [-0.2, 0) is 4.79 Å². The first kappa shape index (κ1) is 17.3. The Morgan fingerprint density at radius 1 is 1.20 bits per heavy atom. The summed E-state index contributed by atoms with van der Waals surface area (Å²) in [6, 6.07) is 0. The molecule has 0 aromatic carbocycles. The molecule has 4 rings (SSSR count). The van der Waals surface area contributed by atoms with Crippen molar-refractivity contribution in [2.75, 3.05) is 18.8 Å². The van der Waals surface area contributed by atoms with E-state index in [2.05, 4.69) is 20.8 Å². The highest BCUT2D eigenvalue weighted by atomic mass is 32.2. The maximum absolute atomic E-state index is 12.6. The molecule has 2 aromatic heterocycles. The molecule has 1 aliphatic heterocycles. The molecule has 3 heterocycles. The number of amides is 1. The molecular weight excluding hydrogens is 350 g/mol. The number of aryl methyl sites for hydroxylation is 2. The molecule has 1 amide bonds. The SMILES string of the molecule is Cc1sc2nc(C3CC3)nc(SCC(=O)N3CCC(C)CC3)c2c1C. The smallest absolute Gasteiger partial charge is 0.232 e. The Kier molecular flexibility index (Phi) is 4.75. The summed E-state index contributed by atoms with van der Waals surface area (Å²) in [6.07, 6.45) is 4.65. The molecule has 0 bridgehead atoms. The maximum atomic E-state index is 12.6. The van der Waals surface area contributed by atoms with Gasteiger partial charge in [-0.3, -0.25) is 4.79 Å². The topological polar surface area (TPSA) is 46.1 Å². The number of carbonyl (C=O) groups is 1. The minimum Gasteiger partial charge on any atom is -0.342 e. The molecule has 0 atom stereocenters. The Morgan fingerprint density at radius 3 is 2.60 bits per heavy atom. The van der Waals surface area contributed by atoms with E-state index in [-0.39, 0.29) is 5.91 Å². The molecular formula is C19H25N3OS2. The van der Waals surface area contributed by atoms with Gasteiger partial charge in [-0.2, -0.15) is 0 Å². The molecule has 0 radical (unpaired) electrons. The van der Waals surface area contributed by atoms with Crippen LogP contribution in [0, 0.1) is 19.8 Å². The van der Waals surface area contributed by atoms with Crippen molar-refractivity contribution in [3.05, 3.63) is 16.3 Å². The zero-order valence-electron chi connectivity index (χ0n) is 15.2. The fraction of sp³-hybridized carbons (Fsp3) is 0.632. The Hall–Kier alpha value is -1.14. The van der Waals surface area contributed by atoms with Crippen molar-refractivity contribution in [3.8, 4) is 0 Å². The second-order valence-corrected chi connectivity index (χ2v) is 9.64. The summed E-state index contributed by atoms with van der Waals surface area (Å²) in [4.78, 5) is 26.7. The van der Waals surface area contributed by atoms with Crippen LogP contribution in [0.2, 0.25) is 0 Å². The average Bonchev–Trinajstić information content (AvgIpc) is 3.40. The van der Waals surface area contributed by atoms with Crippen molar-refractivity contribution >= 4 is 39.2 Å². The van der Waals surface area contributed by atoms with E-state index in [1.54, 1.807) is 23.1 Å². The number of nitrogens with zero attached hydrogens (tertiary/aromatic N) is 3. The van der Waals surface area contributed by atoms with Crippen molar-refractivity contribution in [3.63, 3.8) is 0 Å². The summed E-state index contributed by atoms with van der Waals surface area (Å²) in [5.74, 6) is 3.00. The molecule has 25 heavy (non-hydrogen) atoms. The van der Waals surface area contributed by atoms with Gasteiger partial charge in [-0.1, -0.05) is 18.7 Å². The molecule has 2 aliphatic rings. The minimum absolute atomic E-state index is 0.251. The third-order valence-corrected chi connectivity index (χ3v) is 7.49. The van der Waals surface area contributed by atoms with Crippen LogP contribution in [0.5, 0.6) is 0 Å². The van der Waals surface area contributed by atoms with Gasteiger partial charge in [0.15, 0.2) is 0 Å². The van der Waals surface area contributed by atoms with E-state index in [4.69, 9.17) is 9.97 Å². The van der Waals surface area contributed by atoms with Gasteiger partial charge in [0.2, 0.25) is 5.91 Å². The van der Waals surface area contributed by atoms with Crippen molar-refractivity contribution in [2.24, 2.45) is 5.92 Å². The lowest BCUT2D eigenvalue weighted by Gasteiger charge is -2.30. The lowest BCUT2D eigenvalue weighted by Crippen LogP contribution is -2.38. The summed E-state index contributed by atoms with van der Waals surface area (Å²) in [5, 5.41) is 2.17. The van der Waals surface area contributed by atoms with Crippen molar-refractivity contribution in [1.29, 1.82) is 0 Å². The van der Waals surface area contributed by atoms with Gasteiger partial charge < -0.3 is 4.90 Å². The molecule has 1 aliphatic carbocycles. The average molecular weight is 376 g/mol. The maximum Gasteiger partial charge on any atom is 0.232 e. The number of aromatic nitrogens is 2. The first-order valence-corrected chi connectivity index (χ1v) is 11.0. The molecule has 1 saturated carbocycles. The molecule has 134 valence electrons. The number of thiophene rings is 1. The first-order chi connectivity index (χ1) is 12.0. The number of likely N-dealkylation sites (tertiary alicyclic amines) is 1. The van der Waals surface area contributed by atoms with Crippen LogP contribution in [0.4, 0.5) is 0 Å². The van der Waals surface area contributed by atoms with Gasteiger partial charge in [-0.15, -0.1) is 11.3 Å². The monoisotopic (exact) mass is 375 g/mol. The van der Waals surface area contributed by atoms with Gasteiger partial charge in [-0.05, 0) is 51.0 Å². The molecule has 2 aromatic rings. The Labute approximate surface area is 157 Å². The lowest BCUT2D eigenvalue weighted by molar-refractivity contribution is -0.129. The highest BCUT2D eigenvalue weighted by Gasteiger charge is 2.29. The summed E-state index contributed by atoms with van der Waals surface area (Å²) in [7, 11) is 0. The minimum atomic E-state index is 0.251. The van der Waals surface area contributed by atoms with Gasteiger partial charge in [0.05, 0.1) is 5.75 Å². The van der Waals surface area contributed by atoms with Gasteiger partial charge in [0.25, 0.3) is 0 Å². The normalized spacial score (nSPS) is 18.9. The van der Waals surface area contributed by atoms with E-state index < -0.39 is 0 Å². The quantitative estimate of drug-likeness (QED) is 0.581. The second-order valence-electron chi connectivity index (χ2n) is 7.48. The molecule has 6 heteroatoms. The van der Waals surface area contributed by atoms with E-state index in [0.29, 0.717) is 11.7 Å². The summed E-state index contributed by atoms with van der Waals surface area (Å²) in [6.45, 7) is 8.38. The summed E-state index contributed by atoms with van der Waals surface area (Å²) in [5.41, 5.74) is 1.27. The van der Waals surface area contributed by atoms with Crippen molar-refractivity contribution in [1.82, 2.24) is 14.9 Å². The predicted molar refractivity (Wildman–Crippen MR) is 105 cm³/mol. The molecule has 0 unspecified atom stereocenters. The number of thioether (sulfide) groups is 1. The highest BCUT2D eigenvalue weighted by Crippen LogP contribution is 2.42. The Balaban J connectivity index is 1.54. The highest BCUT2D eigenvalue weighted by molar-refractivity contribution is 8.00. The number of carbonyl (C=O) groups excluding carboxylic acids is 1. The molecule has 4 nitrogen and oxygen atoms in total. The van der Waals surface area contributed by atoms with Crippen LogP contribution in [-0.4, -0.2) is 39.6 Å². The van der Waals surface area contributed by atoms with Crippen LogP contribution in [0.1, 0.15) is 54.8 Å². The van der Waals surface area contributed by atoms with Crippen molar-refractivity contribution in [2.45, 2.75) is 57.4 Å². The van der Waals surface area contributed by atoms with Crippen LogP contribution in [0.25, 0.3) is 10.2 Å². The lowest BCUT2D eigenvalue weighted by atomic mass is 9.99. The van der Waals surface area contributed by atoms with Crippen LogP contribution >= 0.6 is 23.1 Å². The van der Waals surface area contributed by atoms with Gasteiger partial charge >= 0.3 is 0 Å². The number of fused-ring (bicyclic) bond motifs is 1. The third kappa shape index (κ3) is 3.56. The first-order valence-electron chi connectivity index (χ1n) is 9.21. The summed E-state index contributed by atoms with van der Waals surface area (Å²) >= 11 is 3.36. The van der Waals surface area contributed by atoms with Crippen LogP contribution in [0.15, 0.2) is 5.03 Å². The fourth-order valence-corrected chi connectivity index (χ4v) is 5.43. The fourth-order valence-electron chi connectivity index (χ4n) is 3.34. The molecule has 0 spiro atoms. The van der Waals surface area contributed by atoms with E-state index in [9.17, 15) is 4.79 Å². The summed E-state index contributed by atoms with van der Waals surface area (Å²) < 4.78 is 0. The van der Waals surface area contributed by atoms with Gasteiger partial charge in [0, 0.05) is 29.3 Å². The largest absolute Gasteiger partial charge is 0.342 e. The standard InChI is InChI=1S/C19H25N3OS2/c1-11-6-8-22(9-7-11)15(23)10-24-18-16-12(2)13(3)25-19(16)21-17(20-18)14-4-5-14/h11,14H,4-10H2,1-3H3. The van der Waals surface area contributed by atoms with Crippen molar-refractivity contribution < 1.29 is 4.79 Å². The Morgan fingerprint density at radius 2 is 1.92 bits per heavy atom. The number of hydrogen-bond donors (Lipinski definition) is 0. The van der Waals surface area contributed by atoms with Crippen LogP contribution in [0.3, 0.4) is 0 Å². The number of rotatable bonds is 4. The van der Waals surface area contributed by atoms with E-state index in [0.717, 1.165) is 52.9 Å². The zero-order chi connectivity index (χ0) is 17.6. The number of piperidine rings is 1. The van der Waals surface area contributed by atoms with Gasteiger partial charge in [0.1, 0.15) is 15.7 Å². The zero-order valence-corrected chi connectivity index (χ0v) is 16.8. The molecule has 1 saturated heterocycles. The van der Waals surface area contributed by atoms with E-state index >= 15 is 0 Å². The second kappa shape index (κ2) is 6.88. The van der Waals surface area contributed by atoms with Crippen LogP contribution < -0.4 is 0 Å². The molecule has 0 N–H and O–H groups in total. The Bertz CT molecular complexity index is 805. The van der Waals surface area contributed by atoms with E-state index in [1.165, 1.54) is 23.3 Å².